The van der Waals surface area contributed by atoms with Gasteiger partial charge in [0.25, 0.3) is 11.8 Å². The van der Waals surface area contributed by atoms with Crippen molar-refractivity contribution in [2.24, 2.45) is 5.41 Å². The maximum absolute atomic E-state index is 12.6. The number of imide groups is 1. The van der Waals surface area contributed by atoms with E-state index in [1.165, 1.54) is 19.2 Å². The van der Waals surface area contributed by atoms with Gasteiger partial charge in [-0.1, -0.05) is 29.3 Å². The molecule has 0 bridgehead atoms. The highest BCUT2D eigenvalue weighted by Crippen LogP contribution is 2.35. The number of hydroxylamine groups is 2. The van der Waals surface area contributed by atoms with E-state index >= 15 is 0 Å². The van der Waals surface area contributed by atoms with Crippen molar-refractivity contribution in [2.75, 3.05) is 13.7 Å². The van der Waals surface area contributed by atoms with Crippen LogP contribution < -0.4 is 0 Å². The van der Waals surface area contributed by atoms with Crippen molar-refractivity contribution in [3.05, 3.63) is 47.5 Å². The molecule has 2 amide bonds. The fourth-order valence-electron chi connectivity index (χ4n) is 2.97. The van der Waals surface area contributed by atoms with Crippen LogP contribution in [0, 0.1) is 5.41 Å². The van der Waals surface area contributed by atoms with E-state index in [0.717, 1.165) is 6.42 Å². The second-order valence-corrected chi connectivity index (χ2v) is 5.76. The van der Waals surface area contributed by atoms with E-state index in [2.05, 4.69) is 0 Å². The second-order valence-electron chi connectivity index (χ2n) is 5.76. The number of allylic oxidation sites excluding steroid dienone is 2. The van der Waals surface area contributed by atoms with Gasteiger partial charge in [-0.3, -0.25) is 9.59 Å². The Labute approximate surface area is 133 Å². The Hall–Kier alpha value is -2.47. The SMILES string of the molecule is COCC1(C(=O)ON2C(=O)c3ccccc3C2=O)CC=CCC1. The van der Waals surface area contributed by atoms with Gasteiger partial charge in [0.05, 0.1) is 23.1 Å². The maximum Gasteiger partial charge on any atom is 0.341 e. The number of rotatable bonds is 4. The van der Waals surface area contributed by atoms with Crippen molar-refractivity contribution in [2.45, 2.75) is 19.3 Å². The van der Waals surface area contributed by atoms with Crippen LogP contribution in [0.1, 0.15) is 40.0 Å². The highest BCUT2D eigenvalue weighted by Gasteiger charge is 2.45. The lowest BCUT2D eigenvalue weighted by Gasteiger charge is -2.32. The summed E-state index contributed by atoms with van der Waals surface area (Å²) < 4.78 is 5.16. The molecule has 6 heteroatoms. The van der Waals surface area contributed by atoms with Gasteiger partial charge in [0.1, 0.15) is 0 Å². The summed E-state index contributed by atoms with van der Waals surface area (Å²) >= 11 is 0. The van der Waals surface area contributed by atoms with Gasteiger partial charge in [0.15, 0.2) is 0 Å². The predicted octanol–water partition coefficient (Wildman–Crippen LogP) is 2.11. The van der Waals surface area contributed by atoms with Gasteiger partial charge >= 0.3 is 5.97 Å². The van der Waals surface area contributed by atoms with Gasteiger partial charge < -0.3 is 9.57 Å². The van der Waals surface area contributed by atoms with Gasteiger partial charge in [-0.2, -0.15) is 0 Å². The molecular formula is C17H17NO5. The Balaban J connectivity index is 1.82. The molecule has 0 aromatic heterocycles. The molecule has 1 heterocycles. The number of hydrogen-bond donors (Lipinski definition) is 0. The predicted molar refractivity (Wildman–Crippen MR) is 80.3 cm³/mol. The molecular weight excluding hydrogens is 298 g/mol. The first-order valence-corrected chi connectivity index (χ1v) is 7.43. The minimum absolute atomic E-state index is 0.180. The van der Waals surface area contributed by atoms with E-state index in [4.69, 9.17) is 9.57 Å². The molecule has 1 aromatic rings. The van der Waals surface area contributed by atoms with Gasteiger partial charge in [-0.15, -0.1) is 0 Å². The quantitative estimate of drug-likeness (QED) is 0.628. The van der Waals surface area contributed by atoms with Crippen molar-refractivity contribution in [1.29, 1.82) is 0 Å². The third kappa shape index (κ3) is 2.55. The van der Waals surface area contributed by atoms with Gasteiger partial charge in [-0.25, -0.2) is 4.79 Å². The molecule has 0 radical (unpaired) electrons. The Bertz CT molecular complexity index is 661. The van der Waals surface area contributed by atoms with E-state index in [-0.39, 0.29) is 17.7 Å². The Kier molecular flexibility index (Phi) is 4.00. The van der Waals surface area contributed by atoms with Crippen molar-refractivity contribution in [3.63, 3.8) is 0 Å². The average Bonchev–Trinajstić information content (AvgIpc) is 2.81. The van der Waals surface area contributed by atoms with Gasteiger partial charge in [0, 0.05) is 7.11 Å². The number of nitrogens with zero attached hydrogens (tertiary/aromatic N) is 1. The summed E-state index contributed by atoms with van der Waals surface area (Å²) in [5.74, 6) is -1.84. The smallest absolute Gasteiger partial charge is 0.341 e. The number of amides is 2. The van der Waals surface area contributed by atoms with Crippen LogP contribution in [0.3, 0.4) is 0 Å². The minimum Gasteiger partial charge on any atom is -0.383 e. The highest BCUT2D eigenvalue weighted by atomic mass is 16.7. The summed E-state index contributed by atoms with van der Waals surface area (Å²) in [6, 6.07) is 6.40. The lowest BCUT2D eigenvalue weighted by Crippen LogP contribution is -2.43. The molecule has 3 rings (SSSR count). The van der Waals surface area contributed by atoms with Crippen LogP contribution in [-0.4, -0.2) is 36.6 Å². The van der Waals surface area contributed by atoms with Crippen LogP contribution >= 0.6 is 0 Å². The van der Waals surface area contributed by atoms with E-state index in [1.807, 2.05) is 12.2 Å². The third-order valence-electron chi connectivity index (χ3n) is 4.25. The lowest BCUT2D eigenvalue weighted by molar-refractivity contribution is -0.185. The number of benzene rings is 1. The Morgan fingerprint density at radius 3 is 2.35 bits per heavy atom. The van der Waals surface area contributed by atoms with Crippen molar-refractivity contribution in [3.8, 4) is 0 Å². The van der Waals surface area contributed by atoms with Crippen molar-refractivity contribution < 1.29 is 24.0 Å². The zero-order valence-electron chi connectivity index (χ0n) is 12.8. The van der Waals surface area contributed by atoms with Crippen LogP contribution in [0.15, 0.2) is 36.4 Å². The van der Waals surface area contributed by atoms with Crippen LogP contribution in [-0.2, 0) is 14.4 Å². The Morgan fingerprint density at radius 2 is 1.83 bits per heavy atom. The average molecular weight is 315 g/mol. The summed E-state index contributed by atoms with van der Waals surface area (Å²) in [5, 5.41) is 0.558. The first kappa shape index (κ1) is 15.4. The van der Waals surface area contributed by atoms with E-state index < -0.39 is 23.2 Å². The van der Waals surface area contributed by atoms with Crippen LogP contribution in [0.5, 0.6) is 0 Å². The number of ether oxygens (including phenoxy) is 1. The number of fused-ring (bicyclic) bond motifs is 1. The number of carbonyl (C=O) groups is 3. The van der Waals surface area contributed by atoms with Crippen LogP contribution in [0.4, 0.5) is 0 Å². The summed E-state index contributed by atoms with van der Waals surface area (Å²) in [4.78, 5) is 42.4. The van der Waals surface area contributed by atoms with Crippen molar-refractivity contribution >= 4 is 17.8 Å². The molecule has 0 saturated carbocycles. The highest BCUT2D eigenvalue weighted by molar-refractivity contribution is 6.20. The molecule has 23 heavy (non-hydrogen) atoms. The molecule has 0 saturated heterocycles. The number of methoxy groups -OCH3 is 1. The maximum atomic E-state index is 12.6. The molecule has 1 aromatic carbocycles. The molecule has 1 aliphatic heterocycles. The first-order valence-electron chi connectivity index (χ1n) is 7.43. The molecule has 2 aliphatic rings. The number of carbonyl (C=O) groups excluding carboxylic acids is 3. The van der Waals surface area contributed by atoms with Gasteiger partial charge in [-0.05, 0) is 31.4 Å². The molecule has 0 spiro atoms. The minimum atomic E-state index is -0.862. The summed E-state index contributed by atoms with van der Waals surface area (Å²) in [6.07, 6.45) is 5.62. The topological polar surface area (TPSA) is 72.9 Å². The van der Waals surface area contributed by atoms with Crippen LogP contribution in [0.2, 0.25) is 0 Å². The summed E-state index contributed by atoms with van der Waals surface area (Å²) in [6.45, 7) is 0.180. The van der Waals surface area contributed by atoms with E-state index in [9.17, 15) is 14.4 Å². The van der Waals surface area contributed by atoms with Crippen LogP contribution in [0.25, 0.3) is 0 Å². The molecule has 6 nitrogen and oxygen atoms in total. The second kappa shape index (κ2) is 5.96. The normalized spacial score (nSPS) is 23.1. The molecule has 1 unspecified atom stereocenters. The molecule has 0 fully saturated rings. The third-order valence-corrected chi connectivity index (χ3v) is 4.25. The zero-order valence-corrected chi connectivity index (χ0v) is 12.8. The molecule has 1 atom stereocenters. The van der Waals surface area contributed by atoms with E-state index in [1.54, 1.807) is 12.1 Å². The molecule has 1 aliphatic carbocycles. The monoisotopic (exact) mass is 315 g/mol. The van der Waals surface area contributed by atoms with Gasteiger partial charge in [0.2, 0.25) is 0 Å². The fraction of sp³-hybridized carbons (Fsp3) is 0.353. The number of hydrogen-bond acceptors (Lipinski definition) is 5. The molecule has 120 valence electrons. The lowest BCUT2D eigenvalue weighted by atomic mass is 9.78. The zero-order chi connectivity index (χ0) is 16.4. The molecule has 0 N–H and O–H groups in total. The fourth-order valence-corrected chi connectivity index (χ4v) is 2.97. The summed E-state index contributed by atoms with van der Waals surface area (Å²) in [5.41, 5.74) is -0.372. The summed E-state index contributed by atoms with van der Waals surface area (Å²) in [7, 11) is 1.51. The Morgan fingerprint density at radius 1 is 1.17 bits per heavy atom. The van der Waals surface area contributed by atoms with E-state index in [0.29, 0.717) is 17.9 Å². The van der Waals surface area contributed by atoms with Crippen molar-refractivity contribution in [1.82, 2.24) is 5.06 Å². The largest absolute Gasteiger partial charge is 0.383 e. The standard InChI is InChI=1S/C17H17NO5/c1-22-11-17(9-5-2-6-10-17)16(21)23-18-14(19)12-7-3-4-8-13(12)15(18)20/h2-5,7-8H,6,9-11H2,1H3. The first-order chi connectivity index (χ1) is 11.1.